The Morgan fingerprint density at radius 1 is 1.03 bits per heavy atom. The average molecular weight is 482 g/mol. The van der Waals surface area contributed by atoms with E-state index >= 15 is 0 Å². The number of carbonyl (C=O) groups is 1. The SMILES string of the molecule is N#Cc1cnc(CC2CCN(C(=O)c3ccc(-c4ccccc4F)cc3)CC2)[nH]1.N#Cc1cnc[nH]1. The van der Waals surface area contributed by atoms with Crippen molar-refractivity contribution >= 4 is 5.91 Å². The van der Waals surface area contributed by atoms with E-state index in [1.54, 1.807) is 48.7 Å². The number of likely N-dealkylation sites (tertiary alicyclic amines) is 1. The van der Waals surface area contributed by atoms with Crippen molar-refractivity contribution in [3.05, 3.63) is 95.8 Å². The number of nitrogens with one attached hydrogen (secondary N) is 2. The molecule has 36 heavy (non-hydrogen) atoms. The van der Waals surface area contributed by atoms with E-state index in [0.29, 0.717) is 41.5 Å². The summed E-state index contributed by atoms with van der Waals surface area (Å²) < 4.78 is 13.9. The summed E-state index contributed by atoms with van der Waals surface area (Å²) in [6.07, 6.45) is 7.10. The first kappa shape index (κ1) is 24.4. The summed E-state index contributed by atoms with van der Waals surface area (Å²) in [6.45, 7) is 1.40. The number of halogens is 1. The summed E-state index contributed by atoms with van der Waals surface area (Å²) in [5.74, 6) is 1.01. The molecule has 1 saturated heterocycles. The van der Waals surface area contributed by atoms with Crippen molar-refractivity contribution in [3.8, 4) is 23.3 Å². The summed E-state index contributed by atoms with van der Waals surface area (Å²) in [7, 11) is 0. The predicted octanol–water partition coefficient (Wildman–Crippen LogP) is 4.46. The molecular weight excluding hydrogens is 457 g/mol. The zero-order valence-electron chi connectivity index (χ0n) is 19.5. The molecule has 1 amide bonds. The average Bonchev–Trinajstić information content (AvgIpc) is 3.62. The van der Waals surface area contributed by atoms with Gasteiger partial charge in [-0.25, -0.2) is 14.4 Å². The first-order valence-electron chi connectivity index (χ1n) is 11.5. The van der Waals surface area contributed by atoms with Gasteiger partial charge in [-0.15, -0.1) is 0 Å². The number of aromatic amines is 2. The van der Waals surface area contributed by atoms with E-state index in [9.17, 15) is 9.18 Å². The Kier molecular flexibility index (Phi) is 7.84. The van der Waals surface area contributed by atoms with Crippen LogP contribution in [0.5, 0.6) is 0 Å². The number of nitrogens with zero attached hydrogens (tertiary/aromatic N) is 5. The third kappa shape index (κ3) is 6.02. The van der Waals surface area contributed by atoms with Crippen molar-refractivity contribution < 1.29 is 9.18 Å². The molecule has 2 aromatic carbocycles. The van der Waals surface area contributed by atoms with E-state index in [2.05, 4.69) is 26.0 Å². The van der Waals surface area contributed by atoms with E-state index in [0.717, 1.165) is 30.7 Å². The normalized spacial score (nSPS) is 13.2. The summed E-state index contributed by atoms with van der Waals surface area (Å²) in [6, 6.07) is 17.7. The van der Waals surface area contributed by atoms with Gasteiger partial charge in [0, 0.05) is 30.6 Å². The van der Waals surface area contributed by atoms with Gasteiger partial charge in [0.05, 0.1) is 18.7 Å². The first-order valence-corrected chi connectivity index (χ1v) is 11.5. The number of hydrogen-bond donors (Lipinski definition) is 2. The maximum absolute atomic E-state index is 13.9. The second-order valence-corrected chi connectivity index (χ2v) is 8.43. The van der Waals surface area contributed by atoms with Crippen LogP contribution in [0, 0.1) is 34.4 Å². The highest BCUT2D eigenvalue weighted by Crippen LogP contribution is 2.25. The second kappa shape index (κ2) is 11.6. The highest BCUT2D eigenvalue weighted by Gasteiger charge is 2.24. The van der Waals surface area contributed by atoms with Gasteiger partial charge in [-0.1, -0.05) is 30.3 Å². The number of aromatic nitrogens is 4. The van der Waals surface area contributed by atoms with Gasteiger partial charge in [0.25, 0.3) is 5.91 Å². The second-order valence-electron chi connectivity index (χ2n) is 8.43. The molecule has 2 N–H and O–H groups in total. The Bertz CT molecular complexity index is 1370. The van der Waals surface area contributed by atoms with Gasteiger partial charge in [0.1, 0.15) is 35.2 Å². The molecule has 0 spiro atoms. The number of carbonyl (C=O) groups excluding carboxylic acids is 1. The van der Waals surface area contributed by atoms with Gasteiger partial charge in [-0.2, -0.15) is 10.5 Å². The number of piperidine rings is 1. The van der Waals surface area contributed by atoms with Crippen LogP contribution in [-0.2, 0) is 6.42 Å². The van der Waals surface area contributed by atoms with E-state index < -0.39 is 0 Å². The van der Waals surface area contributed by atoms with Crippen LogP contribution in [0.3, 0.4) is 0 Å². The molecule has 1 aliphatic rings. The highest BCUT2D eigenvalue weighted by atomic mass is 19.1. The lowest BCUT2D eigenvalue weighted by atomic mass is 9.93. The topological polar surface area (TPSA) is 125 Å². The zero-order valence-corrected chi connectivity index (χ0v) is 19.5. The third-order valence-corrected chi connectivity index (χ3v) is 6.07. The smallest absolute Gasteiger partial charge is 0.253 e. The first-order chi connectivity index (χ1) is 17.6. The van der Waals surface area contributed by atoms with Crippen molar-refractivity contribution in [2.75, 3.05) is 13.1 Å². The van der Waals surface area contributed by atoms with Crippen LogP contribution in [0.25, 0.3) is 11.1 Å². The van der Waals surface area contributed by atoms with Crippen LogP contribution in [0.1, 0.15) is 40.4 Å². The molecule has 9 heteroatoms. The number of imidazole rings is 2. The molecule has 8 nitrogen and oxygen atoms in total. The zero-order chi connectivity index (χ0) is 25.3. The quantitative estimate of drug-likeness (QED) is 0.445. The van der Waals surface area contributed by atoms with Crippen molar-refractivity contribution in [1.29, 1.82) is 10.5 Å². The Morgan fingerprint density at radius 3 is 2.33 bits per heavy atom. The summed E-state index contributed by atoms with van der Waals surface area (Å²) >= 11 is 0. The molecule has 0 atom stereocenters. The molecule has 2 aromatic heterocycles. The predicted molar refractivity (Wildman–Crippen MR) is 131 cm³/mol. The molecule has 180 valence electrons. The van der Waals surface area contributed by atoms with Crippen LogP contribution in [0.15, 0.2) is 67.3 Å². The standard InChI is InChI=1S/C23H21FN4O.C4H3N3/c24-21-4-2-1-3-20(21)17-5-7-18(8-6-17)23(29)28-11-9-16(10-12-28)13-22-26-15-19(14-25)27-22;5-1-4-2-6-3-7-4/h1-8,15-16H,9-13H2,(H,26,27);2-3H,(H,6,7). The largest absolute Gasteiger partial charge is 0.339 e. The molecule has 1 aliphatic heterocycles. The molecule has 0 unspecified atom stereocenters. The summed E-state index contributed by atoms with van der Waals surface area (Å²) in [5, 5.41) is 17.0. The molecule has 1 fully saturated rings. The van der Waals surface area contributed by atoms with Gasteiger partial charge in [0.15, 0.2) is 0 Å². The molecular formula is C27H24FN7O. The Morgan fingerprint density at radius 2 is 1.75 bits per heavy atom. The molecule has 0 aliphatic carbocycles. The van der Waals surface area contributed by atoms with Crippen LogP contribution in [0.4, 0.5) is 4.39 Å². The van der Waals surface area contributed by atoms with Crippen LogP contribution < -0.4 is 0 Å². The number of nitriles is 2. The minimum Gasteiger partial charge on any atom is -0.339 e. The monoisotopic (exact) mass is 481 g/mol. The van der Waals surface area contributed by atoms with Crippen LogP contribution in [0.2, 0.25) is 0 Å². The number of amides is 1. The lowest BCUT2D eigenvalue weighted by Crippen LogP contribution is -2.39. The summed E-state index contributed by atoms with van der Waals surface area (Å²) in [4.78, 5) is 28.2. The van der Waals surface area contributed by atoms with E-state index in [1.807, 2.05) is 11.0 Å². The Hall–Kier alpha value is -4.76. The molecule has 0 saturated carbocycles. The lowest BCUT2D eigenvalue weighted by Gasteiger charge is -2.31. The van der Waals surface area contributed by atoms with E-state index in [-0.39, 0.29) is 11.7 Å². The molecule has 4 aromatic rings. The Labute approximate surface area is 208 Å². The fourth-order valence-electron chi connectivity index (χ4n) is 4.12. The summed E-state index contributed by atoms with van der Waals surface area (Å²) in [5.41, 5.74) is 2.89. The lowest BCUT2D eigenvalue weighted by molar-refractivity contribution is 0.0690. The fraction of sp³-hybridized carbons (Fsp3) is 0.222. The van der Waals surface area contributed by atoms with Crippen LogP contribution in [-0.4, -0.2) is 43.8 Å². The molecule has 0 bridgehead atoms. The van der Waals surface area contributed by atoms with Gasteiger partial charge in [-0.3, -0.25) is 4.79 Å². The van der Waals surface area contributed by atoms with Crippen molar-refractivity contribution in [3.63, 3.8) is 0 Å². The number of H-pyrrole nitrogens is 2. The molecule has 3 heterocycles. The van der Waals surface area contributed by atoms with E-state index in [4.69, 9.17) is 10.5 Å². The highest BCUT2D eigenvalue weighted by molar-refractivity contribution is 5.94. The Balaban J connectivity index is 0.000000375. The van der Waals surface area contributed by atoms with Gasteiger partial charge in [-0.05, 0) is 42.5 Å². The van der Waals surface area contributed by atoms with Gasteiger partial charge < -0.3 is 14.9 Å². The minimum atomic E-state index is -0.271. The maximum Gasteiger partial charge on any atom is 0.253 e. The van der Waals surface area contributed by atoms with Crippen LogP contribution >= 0.6 is 0 Å². The molecule has 0 radical (unpaired) electrons. The van der Waals surface area contributed by atoms with Crippen molar-refractivity contribution in [2.45, 2.75) is 19.3 Å². The fourth-order valence-corrected chi connectivity index (χ4v) is 4.12. The van der Waals surface area contributed by atoms with Gasteiger partial charge in [0.2, 0.25) is 0 Å². The number of rotatable bonds is 4. The van der Waals surface area contributed by atoms with Crippen molar-refractivity contribution in [1.82, 2.24) is 24.8 Å². The molecule has 5 rings (SSSR count). The minimum absolute atomic E-state index is 0.00768. The third-order valence-electron chi connectivity index (χ3n) is 6.07. The van der Waals surface area contributed by atoms with E-state index in [1.165, 1.54) is 18.6 Å². The number of hydrogen-bond acceptors (Lipinski definition) is 5. The van der Waals surface area contributed by atoms with Crippen molar-refractivity contribution in [2.24, 2.45) is 5.92 Å². The maximum atomic E-state index is 13.9. The number of benzene rings is 2. The van der Waals surface area contributed by atoms with Gasteiger partial charge >= 0.3 is 0 Å².